The molecule has 0 bridgehead atoms. The third kappa shape index (κ3) is 4.73. The molecule has 1 aliphatic heterocycles. The van der Waals surface area contributed by atoms with Gasteiger partial charge in [-0.05, 0) is 44.2 Å². The second-order valence-corrected chi connectivity index (χ2v) is 9.15. The van der Waals surface area contributed by atoms with Gasteiger partial charge in [0.1, 0.15) is 0 Å². The van der Waals surface area contributed by atoms with Crippen LogP contribution in [-0.2, 0) is 4.79 Å². The summed E-state index contributed by atoms with van der Waals surface area (Å²) in [5.41, 5.74) is 2.19. The minimum atomic E-state index is -0.132. The minimum Gasteiger partial charge on any atom is -0.342 e. The van der Waals surface area contributed by atoms with Crippen molar-refractivity contribution in [3.8, 4) is 0 Å². The number of hydrogen-bond donors (Lipinski definition) is 1. The van der Waals surface area contributed by atoms with Crippen molar-refractivity contribution < 1.29 is 4.79 Å². The zero-order chi connectivity index (χ0) is 17.8. The maximum Gasteiger partial charge on any atom is 0.235 e. The predicted octanol–water partition coefficient (Wildman–Crippen LogP) is 4.33. The Morgan fingerprint density at radius 1 is 1.32 bits per heavy atom. The molecule has 3 rings (SSSR count). The van der Waals surface area contributed by atoms with E-state index >= 15 is 0 Å². The van der Waals surface area contributed by atoms with Gasteiger partial charge in [-0.1, -0.05) is 48.2 Å². The number of rotatable bonds is 5. The zero-order valence-corrected chi connectivity index (χ0v) is 16.5. The number of benzene rings is 1. The molecule has 0 radical (unpaired) electrons. The fraction of sp³-hybridized carbons (Fsp3) is 0.500. The third-order valence-corrected chi connectivity index (χ3v) is 6.52. The summed E-state index contributed by atoms with van der Waals surface area (Å²) in [6, 6.07) is 8.08. The molecule has 1 saturated heterocycles. The van der Waals surface area contributed by atoms with Crippen LogP contribution in [0.1, 0.15) is 32.3 Å². The quantitative estimate of drug-likeness (QED) is 0.787. The summed E-state index contributed by atoms with van der Waals surface area (Å²) >= 11 is 2.98. The highest BCUT2D eigenvalue weighted by Gasteiger charge is 2.26. The van der Waals surface area contributed by atoms with Crippen LogP contribution in [-0.4, -0.2) is 39.3 Å². The number of carbonyl (C=O) groups excluding carboxylic acids is 1. The summed E-state index contributed by atoms with van der Waals surface area (Å²) < 4.78 is 0.822. The number of nitrogens with one attached hydrogen (secondary N) is 1. The molecule has 7 heteroatoms. The van der Waals surface area contributed by atoms with Crippen LogP contribution in [0.4, 0.5) is 10.8 Å². The van der Waals surface area contributed by atoms with Gasteiger partial charge in [0.2, 0.25) is 11.0 Å². The molecule has 1 amide bonds. The normalized spacial score (nSPS) is 16.7. The Labute approximate surface area is 157 Å². The van der Waals surface area contributed by atoms with E-state index in [0.29, 0.717) is 0 Å². The number of anilines is 2. The van der Waals surface area contributed by atoms with Crippen molar-refractivity contribution in [3.63, 3.8) is 0 Å². The summed E-state index contributed by atoms with van der Waals surface area (Å²) in [5, 5.41) is 12.3. The first-order valence-electron chi connectivity index (χ1n) is 8.64. The second-order valence-electron chi connectivity index (χ2n) is 6.58. The number of hydrogen-bond acceptors (Lipinski definition) is 6. The molecule has 0 saturated carbocycles. The fourth-order valence-corrected chi connectivity index (χ4v) is 4.82. The maximum atomic E-state index is 12.6. The van der Waals surface area contributed by atoms with Gasteiger partial charge in [0.15, 0.2) is 4.34 Å². The lowest BCUT2D eigenvalue weighted by Gasteiger charge is -2.31. The van der Waals surface area contributed by atoms with Crippen LogP contribution in [0.2, 0.25) is 0 Å². The number of para-hydroxylation sites is 1. The van der Waals surface area contributed by atoms with Crippen LogP contribution in [0.25, 0.3) is 0 Å². The van der Waals surface area contributed by atoms with E-state index in [1.807, 2.05) is 30.0 Å². The van der Waals surface area contributed by atoms with Crippen molar-refractivity contribution in [1.82, 2.24) is 15.1 Å². The van der Waals surface area contributed by atoms with Crippen molar-refractivity contribution in [2.24, 2.45) is 5.92 Å². The maximum absolute atomic E-state index is 12.6. The average Bonchev–Trinajstić information content (AvgIpc) is 3.04. The van der Waals surface area contributed by atoms with E-state index < -0.39 is 0 Å². The molecule has 2 heterocycles. The summed E-state index contributed by atoms with van der Waals surface area (Å²) in [5.74, 6) is 0.936. The summed E-state index contributed by atoms with van der Waals surface area (Å²) in [7, 11) is 0. The van der Waals surface area contributed by atoms with Gasteiger partial charge in [-0.3, -0.25) is 4.79 Å². The van der Waals surface area contributed by atoms with Crippen molar-refractivity contribution in [2.45, 2.75) is 43.2 Å². The zero-order valence-electron chi connectivity index (χ0n) is 14.9. The third-order valence-electron chi connectivity index (χ3n) is 4.51. The molecule has 25 heavy (non-hydrogen) atoms. The van der Waals surface area contributed by atoms with Crippen LogP contribution in [0.5, 0.6) is 0 Å². The molecule has 1 aliphatic rings. The summed E-state index contributed by atoms with van der Waals surface area (Å²) in [4.78, 5) is 14.6. The van der Waals surface area contributed by atoms with E-state index in [0.717, 1.165) is 52.6 Å². The molecule has 1 aromatic heterocycles. The SMILES string of the molecule is Cc1ccccc1Nc1nnc(S[C@H](C)C(=O)N2CCC(C)CC2)s1. The van der Waals surface area contributed by atoms with Gasteiger partial charge in [0.25, 0.3) is 0 Å². The molecule has 1 fully saturated rings. The first-order valence-corrected chi connectivity index (χ1v) is 10.3. The summed E-state index contributed by atoms with van der Waals surface area (Å²) in [6.45, 7) is 8.02. The molecular formula is C18H24N4OS2. The Morgan fingerprint density at radius 2 is 2.04 bits per heavy atom. The monoisotopic (exact) mass is 376 g/mol. The Balaban J connectivity index is 1.57. The van der Waals surface area contributed by atoms with Gasteiger partial charge >= 0.3 is 0 Å². The first-order chi connectivity index (χ1) is 12.0. The Hall–Kier alpha value is -1.60. The number of carbonyl (C=O) groups is 1. The van der Waals surface area contributed by atoms with Gasteiger partial charge < -0.3 is 10.2 Å². The number of amides is 1. The topological polar surface area (TPSA) is 58.1 Å². The lowest BCUT2D eigenvalue weighted by atomic mass is 9.99. The van der Waals surface area contributed by atoms with Crippen molar-refractivity contribution in [1.29, 1.82) is 0 Å². The lowest BCUT2D eigenvalue weighted by molar-refractivity contribution is -0.131. The van der Waals surface area contributed by atoms with Gasteiger partial charge in [0, 0.05) is 18.8 Å². The number of piperidine rings is 1. The van der Waals surface area contributed by atoms with Crippen molar-refractivity contribution in [3.05, 3.63) is 29.8 Å². The molecule has 1 atom stereocenters. The van der Waals surface area contributed by atoms with E-state index in [9.17, 15) is 4.79 Å². The first kappa shape index (κ1) is 18.2. The largest absolute Gasteiger partial charge is 0.342 e. The second kappa shape index (κ2) is 8.19. The highest BCUT2D eigenvalue weighted by molar-refractivity contribution is 8.02. The summed E-state index contributed by atoms with van der Waals surface area (Å²) in [6.07, 6.45) is 2.21. The van der Waals surface area contributed by atoms with Crippen molar-refractivity contribution >= 4 is 39.8 Å². The molecule has 0 aliphatic carbocycles. The van der Waals surface area contributed by atoms with Crippen LogP contribution in [0.15, 0.2) is 28.6 Å². The van der Waals surface area contributed by atoms with Gasteiger partial charge in [-0.15, -0.1) is 10.2 Å². The molecule has 0 spiro atoms. The van der Waals surface area contributed by atoms with Gasteiger partial charge in [-0.2, -0.15) is 0 Å². The fourth-order valence-electron chi connectivity index (χ4n) is 2.82. The molecule has 1 N–H and O–H groups in total. The van der Waals surface area contributed by atoms with Crippen LogP contribution >= 0.6 is 23.1 Å². The Bertz CT molecular complexity index is 725. The molecule has 1 aromatic carbocycles. The van der Waals surface area contributed by atoms with Crippen LogP contribution in [0.3, 0.4) is 0 Å². The Kier molecular flexibility index (Phi) is 5.96. The molecule has 0 unspecified atom stereocenters. The predicted molar refractivity (Wildman–Crippen MR) is 105 cm³/mol. The lowest BCUT2D eigenvalue weighted by Crippen LogP contribution is -2.41. The van der Waals surface area contributed by atoms with E-state index in [1.165, 1.54) is 23.1 Å². The van der Waals surface area contributed by atoms with Crippen molar-refractivity contribution in [2.75, 3.05) is 18.4 Å². The molecule has 134 valence electrons. The van der Waals surface area contributed by atoms with E-state index in [4.69, 9.17) is 0 Å². The average molecular weight is 377 g/mol. The standard InChI is InChI=1S/C18H24N4OS2/c1-12-8-10-22(11-9-12)16(23)14(3)24-18-21-20-17(25-18)19-15-7-5-4-6-13(15)2/h4-7,12,14H,8-11H2,1-3H3,(H,19,20)/t14-/m1/s1. The molecule has 5 nitrogen and oxygen atoms in total. The highest BCUT2D eigenvalue weighted by atomic mass is 32.2. The highest BCUT2D eigenvalue weighted by Crippen LogP contribution is 2.32. The number of likely N-dealkylation sites (tertiary alicyclic amines) is 1. The van der Waals surface area contributed by atoms with Crippen LogP contribution in [0, 0.1) is 12.8 Å². The Morgan fingerprint density at radius 3 is 2.76 bits per heavy atom. The number of aromatic nitrogens is 2. The van der Waals surface area contributed by atoms with Gasteiger partial charge in [-0.25, -0.2) is 0 Å². The van der Waals surface area contributed by atoms with Gasteiger partial charge in [0.05, 0.1) is 5.25 Å². The van der Waals surface area contributed by atoms with Crippen LogP contribution < -0.4 is 5.32 Å². The molecular weight excluding hydrogens is 352 g/mol. The van der Waals surface area contributed by atoms with E-state index in [-0.39, 0.29) is 11.2 Å². The van der Waals surface area contributed by atoms with E-state index in [2.05, 4.69) is 35.4 Å². The minimum absolute atomic E-state index is 0.132. The number of thioether (sulfide) groups is 1. The smallest absolute Gasteiger partial charge is 0.235 e. The molecule has 2 aromatic rings. The number of aryl methyl sites for hydroxylation is 1. The number of nitrogens with zero attached hydrogens (tertiary/aromatic N) is 3. The van der Waals surface area contributed by atoms with E-state index in [1.54, 1.807) is 0 Å².